The van der Waals surface area contributed by atoms with Crippen molar-refractivity contribution in [3.05, 3.63) is 33.9 Å². The molecule has 1 aliphatic heterocycles. The zero-order valence-electron chi connectivity index (χ0n) is 12.0. The molecule has 1 atom stereocenters. The molecule has 1 saturated heterocycles. The second-order valence-corrected chi connectivity index (χ2v) is 5.52. The number of piperidine rings is 1. The summed E-state index contributed by atoms with van der Waals surface area (Å²) >= 11 is 0. The van der Waals surface area contributed by atoms with Gasteiger partial charge in [-0.2, -0.15) is 0 Å². The van der Waals surface area contributed by atoms with E-state index in [-0.39, 0.29) is 5.69 Å². The molecule has 0 spiro atoms. The SMILES string of the molecule is CCCC1CCCCN1Cc1cccc([N+](=O)[O-])c1N. The van der Waals surface area contributed by atoms with Gasteiger partial charge in [0.15, 0.2) is 0 Å². The number of hydrogen-bond donors (Lipinski definition) is 1. The fourth-order valence-corrected chi connectivity index (χ4v) is 3.04. The molecule has 1 aliphatic rings. The summed E-state index contributed by atoms with van der Waals surface area (Å²) in [5, 5.41) is 10.9. The van der Waals surface area contributed by atoms with Gasteiger partial charge in [-0.25, -0.2) is 0 Å². The fourth-order valence-electron chi connectivity index (χ4n) is 3.04. The van der Waals surface area contributed by atoms with Crippen molar-refractivity contribution in [3.8, 4) is 0 Å². The van der Waals surface area contributed by atoms with Gasteiger partial charge in [0.2, 0.25) is 0 Å². The smallest absolute Gasteiger partial charge is 0.292 e. The van der Waals surface area contributed by atoms with Crippen molar-refractivity contribution >= 4 is 11.4 Å². The average molecular weight is 277 g/mol. The number of para-hydroxylation sites is 1. The average Bonchev–Trinajstić information content (AvgIpc) is 2.43. The number of rotatable bonds is 5. The highest BCUT2D eigenvalue weighted by molar-refractivity contribution is 5.62. The van der Waals surface area contributed by atoms with Crippen molar-refractivity contribution in [2.45, 2.75) is 51.6 Å². The van der Waals surface area contributed by atoms with Crippen LogP contribution in [0.1, 0.15) is 44.6 Å². The third-order valence-electron chi connectivity index (χ3n) is 4.11. The summed E-state index contributed by atoms with van der Waals surface area (Å²) < 4.78 is 0. The van der Waals surface area contributed by atoms with Crippen LogP contribution in [0.3, 0.4) is 0 Å². The van der Waals surface area contributed by atoms with E-state index in [9.17, 15) is 10.1 Å². The fraction of sp³-hybridized carbons (Fsp3) is 0.600. The van der Waals surface area contributed by atoms with Crippen molar-refractivity contribution in [1.82, 2.24) is 4.90 Å². The van der Waals surface area contributed by atoms with Crippen LogP contribution < -0.4 is 5.73 Å². The summed E-state index contributed by atoms with van der Waals surface area (Å²) in [4.78, 5) is 13.0. The zero-order valence-corrected chi connectivity index (χ0v) is 12.0. The Hall–Kier alpha value is -1.62. The quantitative estimate of drug-likeness (QED) is 0.509. The van der Waals surface area contributed by atoms with Crippen LogP contribution in [0, 0.1) is 10.1 Å². The summed E-state index contributed by atoms with van der Waals surface area (Å²) in [5.74, 6) is 0. The summed E-state index contributed by atoms with van der Waals surface area (Å²) in [6.07, 6.45) is 6.07. The largest absolute Gasteiger partial charge is 0.393 e. The molecule has 0 bridgehead atoms. The minimum absolute atomic E-state index is 0.0200. The molecular formula is C15H23N3O2. The molecule has 20 heavy (non-hydrogen) atoms. The van der Waals surface area contributed by atoms with Crippen LogP contribution in [0.15, 0.2) is 18.2 Å². The van der Waals surface area contributed by atoms with E-state index in [0.717, 1.165) is 18.7 Å². The number of nitro benzene ring substituents is 1. The van der Waals surface area contributed by atoms with E-state index in [1.165, 1.54) is 38.2 Å². The molecule has 0 aromatic heterocycles. The van der Waals surface area contributed by atoms with Crippen molar-refractivity contribution in [2.75, 3.05) is 12.3 Å². The highest BCUT2D eigenvalue weighted by Gasteiger charge is 2.23. The molecule has 110 valence electrons. The van der Waals surface area contributed by atoms with E-state index in [2.05, 4.69) is 11.8 Å². The first-order valence-electron chi connectivity index (χ1n) is 7.39. The van der Waals surface area contributed by atoms with Crippen LogP contribution in [0.25, 0.3) is 0 Å². The van der Waals surface area contributed by atoms with E-state index in [0.29, 0.717) is 11.7 Å². The van der Waals surface area contributed by atoms with Crippen LogP contribution in [-0.2, 0) is 6.54 Å². The molecular weight excluding hydrogens is 254 g/mol. The Bertz CT molecular complexity index is 474. The van der Waals surface area contributed by atoms with Crippen LogP contribution >= 0.6 is 0 Å². The normalized spacial score (nSPS) is 19.9. The van der Waals surface area contributed by atoms with Gasteiger partial charge in [-0.15, -0.1) is 0 Å². The second kappa shape index (κ2) is 6.70. The van der Waals surface area contributed by atoms with Crippen LogP contribution in [0.2, 0.25) is 0 Å². The molecule has 1 aromatic carbocycles. The third kappa shape index (κ3) is 3.28. The summed E-state index contributed by atoms with van der Waals surface area (Å²) in [5.41, 5.74) is 7.17. The molecule has 1 heterocycles. The molecule has 2 N–H and O–H groups in total. The predicted molar refractivity (Wildman–Crippen MR) is 80.5 cm³/mol. The van der Waals surface area contributed by atoms with Gasteiger partial charge in [0.05, 0.1) is 4.92 Å². The van der Waals surface area contributed by atoms with E-state index < -0.39 is 4.92 Å². The first-order valence-corrected chi connectivity index (χ1v) is 7.39. The van der Waals surface area contributed by atoms with Gasteiger partial charge in [-0.1, -0.05) is 31.9 Å². The number of hydrogen-bond acceptors (Lipinski definition) is 4. The molecule has 1 unspecified atom stereocenters. The maximum atomic E-state index is 10.9. The van der Waals surface area contributed by atoms with Gasteiger partial charge in [-0.05, 0) is 31.4 Å². The monoisotopic (exact) mass is 277 g/mol. The van der Waals surface area contributed by atoms with Crippen molar-refractivity contribution in [2.24, 2.45) is 0 Å². The first-order chi connectivity index (χ1) is 9.63. The Kier molecular flexibility index (Phi) is 4.95. The van der Waals surface area contributed by atoms with Gasteiger partial charge >= 0.3 is 0 Å². The number of likely N-dealkylation sites (tertiary alicyclic amines) is 1. The lowest BCUT2D eigenvalue weighted by atomic mass is 9.97. The van der Waals surface area contributed by atoms with Crippen LogP contribution in [0.4, 0.5) is 11.4 Å². The number of nitrogen functional groups attached to an aromatic ring is 1. The van der Waals surface area contributed by atoms with Crippen LogP contribution in [0.5, 0.6) is 0 Å². The second-order valence-electron chi connectivity index (χ2n) is 5.52. The highest BCUT2D eigenvalue weighted by atomic mass is 16.6. The lowest BCUT2D eigenvalue weighted by Crippen LogP contribution is -2.38. The van der Waals surface area contributed by atoms with Crippen molar-refractivity contribution in [1.29, 1.82) is 0 Å². The standard InChI is InChI=1S/C15H23N3O2/c1-2-6-13-8-3-4-10-17(13)11-12-7-5-9-14(15(12)16)18(19)20/h5,7,9,13H,2-4,6,8,10-11,16H2,1H3. The molecule has 5 heteroatoms. The molecule has 0 radical (unpaired) electrons. The number of benzene rings is 1. The Morgan fingerprint density at radius 1 is 1.45 bits per heavy atom. The lowest BCUT2D eigenvalue weighted by molar-refractivity contribution is -0.384. The Morgan fingerprint density at radius 3 is 2.95 bits per heavy atom. The summed E-state index contributed by atoms with van der Waals surface area (Å²) in [6, 6.07) is 5.69. The summed E-state index contributed by atoms with van der Waals surface area (Å²) in [7, 11) is 0. The van der Waals surface area contributed by atoms with Gasteiger partial charge in [0.1, 0.15) is 5.69 Å². The van der Waals surface area contributed by atoms with E-state index in [1.807, 2.05) is 6.07 Å². The zero-order chi connectivity index (χ0) is 14.5. The van der Waals surface area contributed by atoms with Gasteiger partial charge in [0, 0.05) is 18.7 Å². The van der Waals surface area contributed by atoms with Crippen molar-refractivity contribution in [3.63, 3.8) is 0 Å². The Labute approximate surface area is 119 Å². The molecule has 1 aromatic rings. The molecule has 0 amide bonds. The Balaban J connectivity index is 2.16. The van der Waals surface area contributed by atoms with Gasteiger partial charge in [0.25, 0.3) is 5.69 Å². The molecule has 1 fully saturated rings. The highest BCUT2D eigenvalue weighted by Crippen LogP contribution is 2.29. The minimum Gasteiger partial charge on any atom is -0.393 e. The first kappa shape index (κ1) is 14.8. The maximum Gasteiger partial charge on any atom is 0.292 e. The van der Waals surface area contributed by atoms with Crippen LogP contribution in [-0.4, -0.2) is 22.4 Å². The molecule has 5 nitrogen and oxygen atoms in total. The maximum absolute atomic E-state index is 10.9. The van der Waals surface area contributed by atoms with Crippen molar-refractivity contribution < 1.29 is 4.92 Å². The van der Waals surface area contributed by atoms with Gasteiger partial charge < -0.3 is 5.73 Å². The molecule has 0 saturated carbocycles. The minimum atomic E-state index is -0.404. The third-order valence-corrected chi connectivity index (χ3v) is 4.11. The molecule has 0 aliphatic carbocycles. The predicted octanol–water partition coefficient (Wildman–Crippen LogP) is 3.33. The van der Waals surface area contributed by atoms with E-state index in [1.54, 1.807) is 6.07 Å². The molecule has 2 rings (SSSR count). The van der Waals surface area contributed by atoms with Gasteiger partial charge in [-0.3, -0.25) is 15.0 Å². The number of nitrogens with zero attached hydrogens (tertiary/aromatic N) is 2. The number of nitro groups is 1. The number of nitrogens with two attached hydrogens (primary N) is 1. The topological polar surface area (TPSA) is 72.4 Å². The summed E-state index contributed by atoms with van der Waals surface area (Å²) in [6.45, 7) is 3.99. The van der Waals surface area contributed by atoms with E-state index in [4.69, 9.17) is 5.73 Å². The Morgan fingerprint density at radius 2 is 2.25 bits per heavy atom. The van der Waals surface area contributed by atoms with E-state index >= 15 is 0 Å². The number of anilines is 1. The lowest BCUT2D eigenvalue weighted by Gasteiger charge is -2.36.